The van der Waals surface area contributed by atoms with Crippen LogP contribution < -0.4 is 50.0 Å². The van der Waals surface area contributed by atoms with Crippen LogP contribution in [0.15, 0.2) is 81.6 Å². The van der Waals surface area contributed by atoms with Gasteiger partial charge < -0.3 is 48.6 Å². The number of carboxylic acid groups (broad SMARTS) is 2. The van der Waals surface area contributed by atoms with E-state index in [0.717, 1.165) is 24.3 Å². The summed E-state index contributed by atoms with van der Waals surface area (Å²) in [6.45, 7) is -7.45. The van der Waals surface area contributed by atoms with Crippen molar-refractivity contribution in [2.75, 3.05) is 58.4 Å². The lowest BCUT2D eigenvalue weighted by atomic mass is 10.1. The summed E-state index contributed by atoms with van der Waals surface area (Å²) >= 11 is 11.9. The molecule has 0 aliphatic rings. The molecule has 4 aromatic heterocycles. The van der Waals surface area contributed by atoms with Crippen molar-refractivity contribution in [1.82, 2.24) is 58.9 Å². The number of alkyl halides is 7. The standard InChI is InChI=1S/C15H14Cl2F3N3O3.C15H18N6O6S.C14H10F4N4O7S.C3H8NO5P/c1-3-26-13(24)10(17)4-8-5-12(11(18)6-9(8)16)23-15(25)22(14(19)20)7(2)21-23;1-21(2)13(22)9-6-5-7-16-12(9)28(24,25)20-15(23)19-14-17-10(26-3)8-11(18-14)27-4;15-11(16)28-8-5-9(29-12(17)18)20-13(19-8)21-14(25)22-30(26,27)7-4-2-1-3-6(7)10(23)24;5-3(6)1-4-2-10(7,8)9/h5-6,10,14H,3-4H2,1-2H3;5-8H,1-4H3,(H2,17,18,19,20,23);1-5,11-12H,(H,23,24)(H2,19,20,21,22,25);4H,1-2H2,(H,5,6)(H2,7,8,9). The lowest BCUT2D eigenvalue weighted by Crippen LogP contribution is -2.36. The number of hydrogen-bond donors (Lipinski definition) is 9. The second kappa shape index (κ2) is 35.4. The molecule has 0 saturated carbocycles. The van der Waals surface area contributed by atoms with Gasteiger partial charge in [0.05, 0.1) is 56.9 Å². The number of amides is 5. The Morgan fingerprint density at radius 1 is 0.766 bits per heavy atom. The van der Waals surface area contributed by atoms with E-state index in [-0.39, 0.29) is 63.0 Å². The number of esters is 1. The molecule has 4 heterocycles. The van der Waals surface area contributed by atoms with E-state index in [9.17, 15) is 85.7 Å². The van der Waals surface area contributed by atoms with Crippen molar-refractivity contribution in [3.63, 3.8) is 0 Å². The second-order valence-corrected chi connectivity index (χ2v) is 23.1. The number of carbonyl (C=O) groups excluding carboxylic acids is 4. The van der Waals surface area contributed by atoms with Crippen LogP contribution in [0.2, 0.25) is 5.02 Å². The van der Waals surface area contributed by atoms with Crippen LogP contribution in [-0.4, -0.2) is 183 Å². The molecule has 1 unspecified atom stereocenters. The number of halogens is 9. The number of aromatic carboxylic acids is 1. The van der Waals surface area contributed by atoms with Crippen LogP contribution in [0, 0.1) is 12.7 Å². The summed E-state index contributed by atoms with van der Waals surface area (Å²) in [7, 11) is -7.66. The summed E-state index contributed by atoms with van der Waals surface area (Å²) in [4.78, 5) is 116. The maximum absolute atomic E-state index is 14.2. The molecule has 0 aliphatic carbocycles. The van der Waals surface area contributed by atoms with E-state index < -0.39 is 146 Å². The lowest BCUT2D eigenvalue weighted by Gasteiger charge is -2.14. The number of hydrogen-bond acceptors (Lipinski definition) is 24. The fourth-order valence-electron chi connectivity index (χ4n) is 6.49. The Balaban J connectivity index is 0.000000343. The van der Waals surface area contributed by atoms with Crippen LogP contribution in [0.5, 0.6) is 23.5 Å². The summed E-state index contributed by atoms with van der Waals surface area (Å²) < 4.78 is 175. The number of aryl methyl sites for hydroxylation is 1. The van der Waals surface area contributed by atoms with E-state index in [0.29, 0.717) is 10.7 Å². The van der Waals surface area contributed by atoms with Gasteiger partial charge >= 0.3 is 63.0 Å². The number of urea groups is 2. The average molecular weight is 1450 g/mol. The lowest BCUT2D eigenvalue weighted by molar-refractivity contribution is -0.142. The molecule has 6 rings (SSSR count). The monoisotopic (exact) mass is 1440 g/mol. The number of ether oxygens (including phenoxy) is 5. The van der Waals surface area contributed by atoms with Gasteiger partial charge in [-0.2, -0.15) is 59.4 Å². The van der Waals surface area contributed by atoms with Crippen molar-refractivity contribution in [3.8, 4) is 29.2 Å². The first kappa shape index (κ1) is 78.7. The minimum Gasteiger partial charge on any atom is -0.481 e. The highest BCUT2D eigenvalue weighted by molar-refractivity contribution is 7.90. The normalized spacial score (nSPS) is 11.4. The number of rotatable bonds is 24. The number of pyridine rings is 1. The van der Waals surface area contributed by atoms with Crippen LogP contribution in [0.25, 0.3) is 5.69 Å². The topological polar surface area (TPSA) is 482 Å². The van der Waals surface area contributed by atoms with Gasteiger partial charge in [0.15, 0.2) is 10.8 Å². The Labute approximate surface area is 533 Å². The number of carbonyl (C=O) groups is 6. The van der Waals surface area contributed by atoms with Crippen molar-refractivity contribution in [3.05, 3.63) is 111 Å². The van der Waals surface area contributed by atoms with Crippen molar-refractivity contribution in [2.45, 2.75) is 55.3 Å². The van der Waals surface area contributed by atoms with Gasteiger partial charge in [-0.05, 0) is 55.8 Å². The maximum Gasteiger partial charge on any atom is 0.388 e. The Kier molecular flexibility index (Phi) is 29.7. The Bertz CT molecular complexity index is 4000. The molecule has 2 aromatic carbocycles. The molecule has 0 spiro atoms. The van der Waals surface area contributed by atoms with Crippen LogP contribution in [0.4, 0.5) is 52.2 Å². The highest BCUT2D eigenvalue weighted by Crippen LogP contribution is 2.32. The minimum absolute atomic E-state index is 0.0424. The molecule has 5 amide bonds. The molecule has 35 nitrogen and oxygen atoms in total. The summed E-state index contributed by atoms with van der Waals surface area (Å²) in [5, 5.41) is 24.9. The molecule has 6 aromatic rings. The number of nitrogens with zero attached hydrogens (tertiary/aromatic N) is 9. The van der Waals surface area contributed by atoms with Gasteiger partial charge in [-0.1, -0.05) is 23.7 Å². The molecule has 0 fully saturated rings. The van der Waals surface area contributed by atoms with Crippen LogP contribution in [-0.2, 0) is 45.4 Å². The molecule has 0 saturated heterocycles. The van der Waals surface area contributed by atoms with Crippen LogP contribution in [0.3, 0.4) is 0 Å². The first-order valence-electron chi connectivity index (χ1n) is 24.9. The van der Waals surface area contributed by atoms with E-state index >= 15 is 0 Å². The molecule has 514 valence electrons. The minimum atomic E-state index is -4.71. The molecule has 9 N–H and O–H groups in total. The third-order valence-electron chi connectivity index (χ3n) is 10.2. The highest BCUT2D eigenvalue weighted by Gasteiger charge is 2.29. The molecule has 94 heavy (non-hydrogen) atoms. The first-order valence-corrected chi connectivity index (χ1v) is 30.5. The average Bonchev–Trinajstić information content (AvgIpc) is 1.54. The molecule has 0 bridgehead atoms. The third kappa shape index (κ3) is 24.8. The Hall–Kier alpha value is -9.59. The van der Waals surface area contributed by atoms with Gasteiger partial charge in [0.2, 0.25) is 35.4 Å². The number of sulfonamides is 2. The summed E-state index contributed by atoms with van der Waals surface area (Å²) in [5.74, 6) is -8.18. The largest absolute Gasteiger partial charge is 0.481 e. The number of methoxy groups -OCH3 is 2. The highest BCUT2D eigenvalue weighted by atomic mass is 35.5. The number of nitrogens with one attached hydrogen (secondary N) is 5. The maximum atomic E-state index is 14.2. The van der Waals surface area contributed by atoms with Gasteiger partial charge in [0.1, 0.15) is 21.8 Å². The zero-order valence-electron chi connectivity index (χ0n) is 48.4. The predicted molar refractivity (Wildman–Crippen MR) is 306 cm³/mol. The fourth-order valence-corrected chi connectivity index (χ4v) is 9.50. The first-order chi connectivity index (χ1) is 43.7. The van der Waals surface area contributed by atoms with Gasteiger partial charge in [0, 0.05) is 31.7 Å². The Morgan fingerprint density at radius 3 is 1.74 bits per heavy atom. The third-order valence-corrected chi connectivity index (χ3v) is 14.2. The van der Waals surface area contributed by atoms with Crippen molar-refractivity contribution >= 4 is 98.6 Å². The van der Waals surface area contributed by atoms with E-state index in [1.807, 2.05) is 0 Å². The number of carboxylic acids is 2. The van der Waals surface area contributed by atoms with Crippen LogP contribution in [0.1, 0.15) is 45.6 Å². The summed E-state index contributed by atoms with van der Waals surface area (Å²) in [6.07, 6.45) is 0.476. The van der Waals surface area contributed by atoms with E-state index in [4.69, 9.17) is 57.4 Å². The van der Waals surface area contributed by atoms with Gasteiger partial charge in [-0.3, -0.25) is 34.9 Å². The van der Waals surface area contributed by atoms with Gasteiger partial charge in [-0.25, -0.2) is 51.0 Å². The van der Waals surface area contributed by atoms with Crippen molar-refractivity contribution in [1.29, 1.82) is 0 Å². The number of anilines is 2. The zero-order valence-corrected chi connectivity index (χ0v) is 52.4. The smallest absolute Gasteiger partial charge is 0.388 e. The van der Waals surface area contributed by atoms with Gasteiger partial charge in [0.25, 0.3) is 26.0 Å². The molecule has 1 atom stereocenters. The summed E-state index contributed by atoms with van der Waals surface area (Å²) in [5.41, 5.74) is -2.20. The van der Waals surface area contributed by atoms with E-state index in [1.165, 1.54) is 81.4 Å². The van der Waals surface area contributed by atoms with Gasteiger partial charge in [-0.15, -0.1) is 16.7 Å². The number of benzene rings is 2. The quantitative estimate of drug-likeness (QED) is 0.0179. The zero-order chi connectivity index (χ0) is 71.2. The van der Waals surface area contributed by atoms with E-state index in [2.05, 4.69) is 50.1 Å². The van der Waals surface area contributed by atoms with Crippen molar-refractivity contribution in [2.24, 2.45) is 0 Å². The van der Waals surface area contributed by atoms with Crippen LogP contribution >= 0.6 is 30.8 Å². The number of aliphatic carboxylic acids is 1. The fraction of sp³-hybridized carbons (Fsp3) is 0.298. The molecular formula is C47H50Cl2F7N14O21PS2. The molecule has 0 aliphatic heterocycles. The van der Waals surface area contributed by atoms with E-state index in [1.54, 1.807) is 17.0 Å². The second-order valence-electron chi connectivity index (χ2n) is 17.2. The SMILES string of the molecule is CCOC(=O)C(Cl)Cc1cc(-n2nc(C)n(C(F)F)c2=O)c(F)cc1Cl.COc1cc(OC)nc(NC(=O)NS(=O)(=O)c2ncccc2C(=O)N(C)C)n1.O=C(Nc1nc(OC(F)F)cc(OC(F)F)n1)NS(=O)(=O)c1ccccc1C(=O)O.O=C(O)CNCP(=O)(O)O. The van der Waals surface area contributed by atoms with Crippen molar-refractivity contribution < 1.29 is 125 Å². The summed E-state index contributed by atoms with van der Waals surface area (Å²) in [6, 6.07) is 8.16. The predicted octanol–water partition coefficient (Wildman–Crippen LogP) is 4.03. The Morgan fingerprint density at radius 2 is 1.28 bits per heavy atom. The molecular weight excluding hydrogens is 1400 g/mol. The molecule has 47 heteroatoms. The number of aromatic nitrogens is 8. The molecule has 0 radical (unpaired) electrons.